The largest absolute Gasteiger partial charge is 0.496 e. The van der Waals surface area contributed by atoms with Crippen molar-refractivity contribution in [3.05, 3.63) is 30.0 Å². The van der Waals surface area contributed by atoms with Crippen LogP contribution in [-0.4, -0.2) is 41.9 Å². The summed E-state index contributed by atoms with van der Waals surface area (Å²) in [4.78, 5) is 11.8. The van der Waals surface area contributed by atoms with Crippen LogP contribution in [-0.2, 0) is 11.3 Å². The zero-order valence-corrected chi connectivity index (χ0v) is 11.9. The lowest BCUT2D eigenvalue weighted by Gasteiger charge is -2.10. The summed E-state index contributed by atoms with van der Waals surface area (Å²) in [6.45, 7) is -0.160. The maximum Gasteiger partial charge on any atom is 0.360 e. The molecule has 0 aliphatic heterocycles. The van der Waals surface area contributed by atoms with E-state index >= 15 is 0 Å². The average Bonchev–Trinajstić information content (AvgIpc) is 2.95. The molecule has 7 heteroatoms. The number of carbonyl (C=O) groups is 1. The number of carbonyl (C=O) groups excluding carboxylic acids is 1. The highest BCUT2D eigenvalue weighted by molar-refractivity contribution is 5.94. The lowest BCUT2D eigenvalue weighted by molar-refractivity contribution is 0.0595. The molecule has 2 aromatic rings. The highest BCUT2D eigenvalue weighted by Gasteiger charge is 2.23. The minimum absolute atomic E-state index is 0.0841. The molecule has 6 nitrogen and oxygen atoms in total. The maximum absolute atomic E-state index is 12.4. The summed E-state index contributed by atoms with van der Waals surface area (Å²) in [6, 6.07) is 7.18. The molecular formula is C14H16FN3O3. The molecule has 1 aromatic heterocycles. The van der Waals surface area contributed by atoms with Crippen molar-refractivity contribution in [2.75, 3.05) is 20.9 Å². The summed E-state index contributed by atoms with van der Waals surface area (Å²) < 4.78 is 23.9. The first-order chi connectivity index (χ1) is 10.2. The van der Waals surface area contributed by atoms with Crippen LogP contribution in [0.1, 0.15) is 16.9 Å². The lowest BCUT2D eigenvalue weighted by atomic mass is 10.1. The molecule has 0 aliphatic carbocycles. The van der Waals surface area contributed by atoms with Gasteiger partial charge >= 0.3 is 5.97 Å². The van der Waals surface area contributed by atoms with Crippen LogP contribution in [0.3, 0.4) is 0 Å². The van der Waals surface area contributed by atoms with Crippen LogP contribution in [0.25, 0.3) is 11.3 Å². The number of ether oxygens (including phenoxy) is 2. The molecule has 0 saturated heterocycles. The number of halogens is 1. The number of aromatic nitrogens is 3. The van der Waals surface area contributed by atoms with E-state index in [0.717, 1.165) is 0 Å². The molecule has 0 aliphatic rings. The van der Waals surface area contributed by atoms with E-state index in [0.29, 0.717) is 23.6 Å². The molecule has 1 heterocycles. The number of benzene rings is 1. The summed E-state index contributed by atoms with van der Waals surface area (Å²) in [5, 5.41) is 7.77. The molecular weight excluding hydrogens is 277 g/mol. The molecule has 2 rings (SSSR count). The fraction of sp³-hybridized carbons (Fsp3) is 0.357. The van der Waals surface area contributed by atoms with Gasteiger partial charge in [-0.25, -0.2) is 9.48 Å². The van der Waals surface area contributed by atoms with Crippen LogP contribution in [0, 0.1) is 0 Å². The van der Waals surface area contributed by atoms with Gasteiger partial charge in [0, 0.05) is 12.1 Å². The van der Waals surface area contributed by atoms with E-state index in [1.807, 2.05) is 12.1 Å². The van der Waals surface area contributed by atoms with Crippen LogP contribution < -0.4 is 4.74 Å². The van der Waals surface area contributed by atoms with Gasteiger partial charge < -0.3 is 9.47 Å². The van der Waals surface area contributed by atoms with Gasteiger partial charge in [0.25, 0.3) is 0 Å². The quantitative estimate of drug-likeness (QED) is 0.763. The third-order valence-corrected chi connectivity index (χ3v) is 2.98. The van der Waals surface area contributed by atoms with Gasteiger partial charge in [-0.2, -0.15) is 0 Å². The first-order valence-corrected chi connectivity index (χ1v) is 6.44. The zero-order valence-electron chi connectivity index (χ0n) is 11.9. The van der Waals surface area contributed by atoms with Crippen LogP contribution in [0.5, 0.6) is 5.75 Å². The number of methoxy groups -OCH3 is 2. The summed E-state index contributed by atoms with van der Waals surface area (Å²) in [7, 11) is 2.81. The van der Waals surface area contributed by atoms with Gasteiger partial charge in [0.05, 0.1) is 20.9 Å². The third kappa shape index (κ3) is 3.01. The Morgan fingerprint density at radius 2 is 2.10 bits per heavy atom. The number of aryl methyl sites for hydroxylation is 1. The fourth-order valence-electron chi connectivity index (χ4n) is 2.02. The normalized spacial score (nSPS) is 10.4. The van der Waals surface area contributed by atoms with E-state index in [-0.39, 0.29) is 12.1 Å². The molecule has 112 valence electrons. The number of para-hydroxylation sites is 1. The van der Waals surface area contributed by atoms with Crippen molar-refractivity contribution in [1.82, 2.24) is 15.0 Å². The van der Waals surface area contributed by atoms with E-state index in [1.54, 1.807) is 12.1 Å². The van der Waals surface area contributed by atoms with Crippen LogP contribution in [0.15, 0.2) is 24.3 Å². The molecule has 0 atom stereocenters. The minimum Gasteiger partial charge on any atom is -0.496 e. The van der Waals surface area contributed by atoms with Crippen LogP contribution >= 0.6 is 0 Å². The average molecular weight is 293 g/mol. The summed E-state index contributed by atoms with van der Waals surface area (Å²) in [5.74, 6) is -0.0196. The zero-order chi connectivity index (χ0) is 15.2. The Bertz CT molecular complexity index is 628. The van der Waals surface area contributed by atoms with E-state index in [2.05, 4.69) is 10.3 Å². The Morgan fingerprint density at radius 3 is 2.76 bits per heavy atom. The SMILES string of the molecule is COC(=O)c1nnn(CCCF)c1-c1ccccc1OC. The predicted octanol–water partition coefficient (Wildman–Crippen LogP) is 2.10. The van der Waals surface area contributed by atoms with Crippen LogP contribution in [0.4, 0.5) is 4.39 Å². The monoisotopic (exact) mass is 293 g/mol. The fourth-order valence-corrected chi connectivity index (χ4v) is 2.02. The Kier molecular flexibility index (Phi) is 4.86. The van der Waals surface area contributed by atoms with E-state index < -0.39 is 12.6 Å². The van der Waals surface area contributed by atoms with E-state index in [9.17, 15) is 9.18 Å². The number of hydrogen-bond donors (Lipinski definition) is 0. The van der Waals surface area contributed by atoms with Crippen LogP contribution in [0.2, 0.25) is 0 Å². The van der Waals surface area contributed by atoms with Crippen molar-refractivity contribution in [3.8, 4) is 17.0 Å². The number of esters is 1. The Labute approximate surface area is 121 Å². The van der Waals surface area contributed by atoms with Gasteiger partial charge in [-0.1, -0.05) is 17.3 Å². The Hall–Kier alpha value is -2.44. The molecule has 0 radical (unpaired) electrons. The molecule has 0 bridgehead atoms. The number of nitrogens with zero attached hydrogens (tertiary/aromatic N) is 3. The second-order valence-electron chi connectivity index (χ2n) is 4.24. The summed E-state index contributed by atoms with van der Waals surface area (Å²) in [6.07, 6.45) is 0.284. The summed E-state index contributed by atoms with van der Waals surface area (Å²) in [5.41, 5.74) is 1.21. The van der Waals surface area contributed by atoms with Crippen molar-refractivity contribution in [2.24, 2.45) is 0 Å². The molecule has 1 aromatic carbocycles. The molecule has 0 fully saturated rings. The second kappa shape index (κ2) is 6.83. The van der Waals surface area contributed by atoms with Crippen molar-refractivity contribution in [2.45, 2.75) is 13.0 Å². The first-order valence-electron chi connectivity index (χ1n) is 6.44. The lowest BCUT2D eigenvalue weighted by Crippen LogP contribution is -2.08. The number of alkyl halides is 1. The Balaban J connectivity index is 2.57. The molecule has 0 spiro atoms. The van der Waals surface area contributed by atoms with Crippen molar-refractivity contribution < 1.29 is 18.7 Å². The second-order valence-corrected chi connectivity index (χ2v) is 4.24. The van der Waals surface area contributed by atoms with E-state index in [4.69, 9.17) is 9.47 Å². The van der Waals surface area contributed by atoms with Crippen molar-refractivity contribution in [3.63, 3.8) is 0 Å². The molecule has 0 saturated carbocycles. The van der Waals surface area contributed by atoms with E-state index in [1.165, 1.54) is 18.9 Å². The third-order valence-electron chi connectivity index (χ3n) is 2.98. The maximum atomic E-state index is 12.4. The first kappa shape index (κ1) is 15.0. The van der Waals surface area contributed by atoms with Gasteiger partial charge in [0.15, 0.2) is 5.69 Å². The van der Waals surface area contributed by atoms with Gasteiger partial charge in [-0.15, -0.1) is 5.10 Å². The topological polar surface area (TPSA) is 66.2 Å². The van der Waals surface area contributed by atoms with Crippen molar-refractivity contribution in [1.29, 1.82) is 0 Å². The molecule has 0 unspecified atom stereocenters. The highest BCUT2D eigenvalue weighted by atomic mass is 19.1. The van der Waals surface area contributed by atoms with Gasteiger partial charge in [-0.05, 0) is 18.6 Å². The van der Waals surface area contributed by atoms with Gasteiger partial charge in [0.1, 0.15) is 11.4 Å². The predicted molar refractivity (Wildman–Crippen MR) is 73.9 cm³/mol. The highest BCUT2D eigenvalue weighted by Crippen LogP contribution is 2.31. The van der Waals surface area contributed by atoms with Gasteiger partial charge in [0.2, 0.25) is 0 Å². The number of hydrogen-bond acceptors (Lipinski definition) is 5. The smallest absolute Gasteiger partial charge is 0.360 e. The molecule has 21 heavy (non-hydrogen) atoms. The number of rotatable bonds is 6. The van der Waals surface area contributed by atoms with Crippen molar-refractivity contribution >= 4 is 5.97 Å². The molecule has 0 amide bonds. The summed E-state index contributed by atoms with van der Waals surface area (Å²) >= 11 is 0. The van der Waals surface area contributed by atoms with Gasteiger partial charge in [-0.3, -0.25) is 4.39 Å². The molecule has 0 N–H and O–H groups in total. The minimum atomic E-state index is -0.595. The Morgan fingerprint density at radius 1 is 1.33 bits per heavy atom. The standard InChI is InChI=1S/C14H16FN3O3/c1-20-11-7-4-3-6-10(11)13-12(14(19)21-2)16-17-18(13)9-5-8-15/h3-4,6-7H,5,8-9H2,1-2H3.